The van der Waals surface area contributed by atoms with Crippen molar-refractivity contribution in [1.29, 1.82) is 0 Å². The van der Waals surface area contributed by atoms with Crippen LogP contribution < -0.4 is 10.9 Å². The molecule has 0 radical (unpaired) electrons. The highest BCUT2D eigenvalue weighted by Gasteiger charge is 2.05. The second kappa shape index (κ2) is 6.70. The van der Waals surface area contributed by atoms with Crippen LogP contribution in [0, 0.1) is 5.95 Å². The van der Waals surface area contributed by atoms with Crippen molar-refractivity contribution in [2.24, 2.45) is 0 Å². The van der Waals surface area contributed by atoms with Crippen molar-refractivity contribution in [3.8, 4) is 11.1 Å². The first-order chi connectivity index (χ1) is 11.2. The van der Waals surface area contributed by atoms with E-state index in [1.807, 2.05) is 42.5 Å². The average Bonchev–Trinajstić information content (AvgIpc) is 2.62. The Kier molecular flexibility index (Phi) is 4.29. The van der Waals surface area contributed by atoms with Gasteiger partial charge in [0.1, 0.15) is 0 Å². The number of pyridine rings is 1. The molecule has 1 aromatic heterocycles. The van der Waals surface area contributed by atoms with E-state index < -0.39 is 5.95 Å². The molecule has 0 bridgehead atoms. The van der Waals surface area contributed by atoms with Crippen LogP contribution in [0.3, 0.4) is 0 Å². The van der Waals surface area contributed by atoms with Crippen LogP contribution in [0.25, 0.3) is 11.1 Å². The summed E-state index contributed by atoms with van der Waals surface area (Å²) in [6.07, 6.45) is 1.30. The lowest BCUT2D eigenvalue weighted by molar-refractivity contribution is 0.0962. The van der Waals surface area contributed by atoms with E-state index in [2.05, 4.69) is 15.8 Å². The van der Waals surface area contributed by atoms with Gasteiger partial charge in [-0.25, -0.2) is 4.98 Å². The predicted molar refractivity (Wildman–Crippen MR) is 87.2 cm³/mol. The quantitative estimate of drug-likeness (QED) is 0.571. The Morgan fingerprint density at radius 3 is 2.22 bits per heavy atom. The summed E-state index contributed by atoms with van der Waals surface area (Å²) < 4.78 is 12.7. The molecule has 1 heterocycles. The van der Waals surface area contributed by atoms with Gasteiger partial charge in [0.2, 0.25) is 5.95 Å². The smallest absolute Gasteiger partial charge is 0.269 e. The minimum atomic E-state index is -0.571. The van der Waals surface area contributed by atoms with Gasteiger partial charge in [-0.3, -0.25) is 15.6 Å². The van der Waals surface area contributed by atoms with Crippen LogP contribution in [0.4, 0.5) is 10.1 Å². The first kappa shape index (κ1) is 14.7. The first-order valence-corrected chi connectivity index (χ1v) is 7.06. The largest absolute Gasteiger partial charge is 0.297 e. The fourth-order valence-electron chi connectivity index (χ4n) is 2.10. The third-order valence-corrected chi connectivity index (χ3v) is 3.30. The van der Waals surface area contributed by atoms with Gasteiger partial charge in [0.05, 0.1) is 11.9 Å². The van der Waals surface area contributed by atoms with Crippen molar-refractivity contribution in [2.45, 2.75) is 0 Å². The predicted octanol–water partition coefficient (Wildman–Crippen LogP) is 3.64. The molecular formula is C18H14FN3O. The number of nitrogens with zero attached hydrogens (tertiary/aromatic N) is 1. The number of nitrogens with one attached hydrogen (secondary N) is 2. The van der Waals surface area contributed by atoms with Crippen LogP contribution in [-0.4, -0.2) is 10.9 Å². The number of benzene rings is 2. The minimum Gasteiger partial charge on any atom is -0.297 e. The van der Waals surface area contributed by atoms with Crippen LogP contribution in [0.1, 0.15) is 10.4 Å². The lowest BCUT2D eigenvalue weighted by atomic mass is 10.0. The minimum absolute atomic E-state index is 0.283. The molecule has 0 fully saturated rings. The van der Waals surface area contributed by atoms with Crippen molar-refractivity contribution in [3.05, 3.63) is 84.4 Å². The molecule has 2 aromatic carbocycles. The van der Waals surface area contributed by atoms with Crippen molar-refractivity contribution in [1.82, 2.24) is 10.4 Å². The molecule has 0 aliphatic carbocycles. The maximum atomic E-state index is 12.7. The van der Waals surface area contributed by atoms with Gasteiger partial charge in [-0.15, -0.1) is 0 Å². The first-order valence-electron chi connectivity index (χ1n) is 7.06. The van der Waals surface area contributed by atoms with Gasteiger partial charge in [0.15, 0.2) is 0 Å². The summed E-state index contributed by atoms with van der Waals surface area (Å²) in [4.78, 5) is 15.6. The van der Waals surface area contributed by atoms with E-state index in [0.29, 0.717) is 11.3 Å². The highest BCUT2D eigenvalue weighted by atomic mass is 19.1. The highest BCUT2D eigenvalue weighted by molar-refractivity contribution is 5.95. The standard InChI is InChI=1S/C18H14FN3O/c19-17-11-10-16(12-20-17)21-22-18(23)15-8-6-14(7-9-15)13-4-2-1-3-5-13/h1-12,21H,(H,22,23). The van der Waals surface area contributed by atoms with Crippen molar-refractivity contribution in [3.63, 3.8) is 0 Å². The summed E-state index contributed by atoms with van der Waals surface area (Å²) in [6.45, 7) is 0. The zero-order valence-corrected chi connectivity index (χ0v) is 12.2. The maximum Gasteiger partial charge on any atom is 0.269 e. The number of hydrogen-bond donors (Lipinski definition) is 2. The molecule has 0 saturated heterocycles. The summed E-state index contributed by atoms with van der Waals surface area (Å²) in [6, 6.07) is 19.9. The van der Waals surface area contributed by atoms with E-state index in [1.165, 1.54) is 18.3 Å². The molecule has 0 spiro atoms. The van der Waals surface area contributed by atoms with Crippen molar-refractivity contribution in [2.75, 3.05) is 5.43 Å². The van der Waals surface area contributed by atoms with E-state index in [0.717, 1.165) is 11.1 Å². The Hall–Kier alpha value is -3.21. The molecule has 4 nitrogen and oxygen atoms in total. The molecule has 0 aliphatic heterocycles. The number of carbonyl (C=O) groups excluding carboxylic acids is 1. The number of rotatable bonds is 4. The number of hydrazine groups is 1. The summed E-state index contributed by atoms with van der Waals surface area (Å²) in [7, 11) is 0. The van der Waals surface area contributed by atoms with Crippen molar-refractivity contribution < 1.29 is 9.18 Å². The number of halogens is 1. The van der Waals surface area contributed by atoms with E-state index in [4.69, 9.17) is 0 Å². The van der Waals surface area contributed by atoms with Gasteiger partial charge in [0.25, 0.3) is 5.91 Å². The topological polar surface area (TPSA) is 54.0 Å². The van der Waals surface area contributed by atoms with Gasteiger partial charge < -0.3 is 0 Å². The van der Waals surface area contributed by atoms with Crippen LogP contribution >= 0.6 is 0 Å². The molecular weight excluding hydrogens is 293 g/mol. The van der Waals surface area contributed by atoms with Crippen LogP contribution in [0.5, 0.6) is 0 Å². The third kappa shape index (κ3) is 3.71. The molecule has 0 saturated carbocycles. The highest BCUT2D eigenvalue weighted by Crippen LogP contribution is 2.19. The van der Waals surface area contributed by atoms with E-state index >= 15 is 0 Å². The number of carbonyl (C=O) groups is 1. The maximum absolute atomic E-state index is 12.7. The van der Waals surface area contributed by atoms with Gasteiger partial charge in [0, 0.05) is 5.56 Å². The van der Waals surface area contributed by atoms with Gasteiger partial charge in [-0.05, 0) is 35.4 Å². The molecule has 0 unspecified atom stereocenters. The van der Waals surface area contributed by atoms with Gasteiger partial charge in [-0.1, -0.05) is 42.5 Å². The number of hydrogen-bond acceptors (Lipinski definition) is 3. The van der Waals surface area contributed by atoms with E-state index in [1.54, 1.807) is 12.1 Å². The van der Waals surface area contributed by atoms with Crippen LogP contribution in [-0.2, 0) is 0 Å². The molecule has 114 valence electrons. The van der Waals surface area contributed by atoms with E-state index in [9.17, 15) is 9.18 Å². The zero-order valence-electron chi connectivity index (χ0n) is 12.2. The summed E-state index contributed by atoms with van der Waals surface area (Å²) in [5, 5.41) is 0. The normalized spacial score (nSPS) is 10.1. The Labute approximate surface area is 133 Å². The van der Waals surface area contributed by atoms with Crippen molar-refractivity contribution >= 4 is 11.6 Å². The lowest BCUT2D eigenvalue weighted by Gasteiger charge is -2.08. The fraction of sp³-hybridized carbons (Fsp3) is 0. The molecule has 0 aliphatic rings. The van der Waals surface area contributed by atoms with Gasteiger partial charge >= 0.3 is 0 Å². The molecule has 3 aromatic rings. The third-order valence-electron chi connectivity index (χ3n) is 3.30. The average molecular weight is 307 g/mol. The number of anilines is 1. The lowest BCUT2D eigenvalue weighted by Crippen LogP contribution is -2.29. The van der Waals surface area contributed by atoms with Crippen LogP contribution in [0.2, 0.25) is 0 Å². The van der Waals surface area contributed by atoms with Crippen LogP contribution in [0.15, 0.2) is 72.9 Å². The fourth-order valence-corrected chi connectivity index (χ4v) is 2.10. The molecule has 0 atom stereocenters. The molecule has 5 heteroatoms. The number of aromatic nitrogens is 1. The monoisotopic (exact) mass is 307 g/mol. The summed E-state index contributed by atoms with van der Waals surface area (Å²) >= 11 is 0. The molecule has 2 N–H and O–H groups in total. The van der Waals surface area contributed by atoms with Gasteiger partial charge in [-0.2, -0.15) is 4.39 Å². The summed E-state index contributed by atoms with van der Waals surface area (Å²) in [5.41, 5.74) is 8.38. The Balaban J connectivity index is 1.65. The molecule has 23 heavy (non-hydrogen) atoms. The Morgan fingerprint density at radius 2 is 1.57 bits per heavy atom. The summed E-state index contributed by atoms with van der Waals surface area (Å²) in [5.74, 6) is -0.854. The number of amides is 1. The zero-order chi connectivity index (χ0) is 16.1. The SMILES string of the molecule is O=C(NNc1ccc(F)nc1)c1ccc(-c2ccccc2)cc1. The Bertz CT molecular complexity index is 787. The van der Waals surface area contributed by atoms with E-state index in [-0.39, 0.29) is 5.91 Å². The molecule has 1 amide bonds. The molecule has 3 rings (SSSR count). The Morgan fingerprint density at radius 1 is 0.870 bits per heavy atom. The second-order valence-electron chi connectivity index (χ2n) is 4.89. The second-order valence-corrected chi connectivity index (χ2v) is 4.89.